The SMILES string of the molecule is CC(C)C(O)(CC#N)C12CC3CC(CC(C3)C1)C2. The average Bonchev–Trinajstić information content (AvgIpc) is 2.26. The molecule has 4 aliphatic carbocycles. The van der Waals surface area contributed by atoms with Gasteiger partial charge in [0.15, 0.2) is 0 Å². The van der Waals surface area contributed by atoms with Gasteiger partial charge in [-0.3, -0.25) is 0 Å². The highest BCUT2D eigenvalue weighted by Crippen LogP contribution is 2.65. The molecule has 0 aromatic heterocycles. The van der Waals surface area contributed by atoms with Crippen molar-refractivity contribution in [2.24, 2.45) is 29.1 Å². The highest BCUT2D eigenvalue weighted by atomic mass is 16.3. The van der Waals surface area contributed by atoms with Gasteiger partial charge < -0.3 is 5.11 Å². The highest BCUT2D eigenvalue weighted by molar-refractivity contribution is 5.12. The summed E-state index contributed by atoms with van der Waals surface area (Å²) in [6.45, 7) is 4.19. The fraction of sp³-hybridized carbons (Fsp3) is 0.938. The molecule has 0 radical (unpaired) electrons. The molecule has 0 saturated heterocycles. The summed E-state index contributed by atoms with van der Waals surface area (Å²) >= 11 is 0. The van der Waals surface area contributed by atoms with Gasteiger partial charge in [-0.05, 0) is 62.2 Å². The van der Waals surface area contributed by atoms with Gasteiger partial charge in [0.25, 0.3) is 0 Å². The molecule has 1 atom stereocenters. The summed E-state index contributed by atoms with van der Waals surface area (Å²) in [5, 5.41) is 20.4. The van der Waals surface area contributed by atoms with Gasteiger partial charge in [0.1, 0.15) is 0 Å². The molecule has 4 aliphatic rings. The molecular weight excluding hydrogens is 222 g/mol. The lowest BCUT2D eigenvalue weighted by molar-refractivity contribution is -0.196. The van der Waals surface area contributed by atoms with E-state index in [1.807, 2.05) is 0 Å². The zero-order chi connectivity index (χ0) is 13.0. The second-order valence-electron chi connectivity index (χ2n) is 7.61. The Balaban J connectivity index is 1.96. The number of aliphatic hydroxyl groups is 1. The fourth-order valence-corrected chi connectivity index (χ4v) is 5.77. The van der Waals surface area contributed by atoms with E-state index in [-0.39, 0.29) is 11.3 Å². The third-order valence-corrected chi connectivity index (χ3v) is 6.26. The van der Waals surface area contributed by atoms with Crippen LogP contribution in [0.2, 0.25) is 0 Å². The van der Waals surface area contributed by atoms with E-state index in [1.54, 1.807) is 0 Å². The molecule has 18 heavy (non-hydrogen) atoms. The summed E-state index contributed by atoms with van der Waals surface area (Å²) in [5.74, 6) is 2.69. The molecule has 0 heterocycles. The highest BCUT2D eigenvalue weighted by Gasteiger charge is 2.60. The first-order valence-corrected chi connectivity index (χ1v) is 7.58. The van der Waals surface area contributed by atoms with Crippen LogP contribution in [0.3, 0.4) is 0 Å². The van der Waals surface area contributed by atoms with Gasteiger partial charge in [0, 0.05) is 5.41 Å². The molecule has 0 amide bonds. The Morgan fingerprint density at radius 1 is 1.17 bits per heavy atom. The number of nitriles is 1. The Labute approximate surface area is 110 Å². The van der Waals surface area contributed by atoms with E-state index in [2.05, 4.69) is 19.9 Å². The maximum Gasteiger partial charge on any atom is 0.0855 e. The zero-order valence-corrected chi connectivity index (χ0v) is 11.7. The van der Waals surface area contributed by atoms with E-state index in [9.17, 15) is 5.11 Å². The van der Waals surface area contributed by atoms with Crippen molar-refractivity contribution in [3.05, 3.63) is 0 Å². The minimum absolute atomic E-state index is 0.0612. The quantitative estimate of drug-likeness (QED) is 0.829. The van der Waals surface area contributed by atoms with Gasteiger partial charge in [-0.2, -0.15) is 5.26 Å². The van der Waals surface area contributed by atoms with Gasteiger partial charge >= 0.3 is 0 Å². The van der Waals surface area contributed by atoms with Crippen LogP contribution >= 0.6 is 0 Å². The normalized spacial score (nSPS) is 44.9. The summed E-state index contributed by atoms with van der Waals surface area (Å²) in [7, 11) is 0. The predicted molar refractivity (Wildman–Crippen MR) is 70.6 cm³/mol. The van der Waals surface area contributed by atoms with Crippen LogP contribution in [0.1, 0.15) is 58.8 Å². The molecule has 2 heteroatoms. The summed E-state index contributed by atoms with van der Waals surface area (Å²) in [4.78, 5) is 0. The molecule has 0 aliphatic heterocycles. The van der Waals surface area contributed by atoms with Gasteiger partial charge in [0.05, 0.1) is 18.1 Å². The lowest BCUT2D eigenvalue weighted by Crippen LogP contribution is -2.60. The van der Waals surface area contributed by atoms with Crippen LogP contribution in [0.5, 0.6) is 0 Å². The number of hydrogen-bond acceptors (Lipinski definition) is 2. The minimum Gasteiger partial charge on any atom is -0.388 e. The average molecular weight is 247 g/mol. The maximum atomic E-state index is 11.2. The minimum atomic E-state index is -0.752. The first-order chi connectivity index (χ1) is 8.49. The second-order valence-corrected chi connectivity index (χ2v) is 7.61. The van der Waals surface area contributed by atoms with E-state index in [0.717, 1.165) is 17.8 Å². The Kier molecular flexibility index (Phi) is 2.75. The first-order valence-electron chi connectivity index (χ1n) is 7.58. The number of nitrogens with zero attached hydrogens (tertiary/aromatic N) is 1. The maximum absolute atomic E-state index is 11.2. The van der Waals surface area contributed by atoms with Crippen LogP contribution in [-0.4, -0.2) is 10.7 Å². The van der Waals surface area contributed by atoms with Crippen LogP contribution in [-0.2, 0) is 0 Å². The van der Waals surface area contributed by atoms with E-state index >= 15 is 0 Å². The van der Waals surface area contributed by atoms with E-state index in [1.165, 1.54) is 38.5 Å². The lowest BCUT2D eigenvalue weighted by atomic mass is 9.43. The topological polar surface area (TPSA) is 44.0 Å². The fourth-order valence-electron chi connectivity index (χ4n) is 5.77. The van der Waals surface area contributed by atoms with Crippen molar-refractivity contribution in [1.29, 1.82) is 5.26 Å². The Hall–Kier alpha value is -0.550. The smallest absolute Gasteiger partial charge is 0.0855 e. The zero-order valence-electron chi connectivity index (χ0n) is 11.7. The van der Waals surface area contributed by atoms with Crippen LogP contribution in [0.25, 0.3) is 0 Å². The van der Waals surface area contributed by atoms with Gasteiger partial charge in [-0.15, -0.1) is 0 Å². The van der Waals surface area contributed by atoms with Gasteiger partial charge in [0.2, 0.25) is 0 Å². The Morgan fingerprint density at radius 2 is 1.61 bits per heavy atom. The molecule has 0 aromatic rings. The van der Waals surface area contributed by atoms with Crippen LogP contribution in [0.4, 0.5) is 0 Å². The Bertz CT molecular complexity index is 346. The van der Waals surface area contributed by atoms with Crippen molar-refractivity contribution in [2.75, 3.05) is 0 Å². The molecule has 0 aromatic carbocycles. The second kappa shape index (κ2) is 3.97. The van der Waals surface area contributed by atoms with Crippen molar-refractivity contribution < 1.29 is 5.11 Å². The van der Waals surface area contributed by atoms with E-state index in [4.69, 9.17) is 5.26 Å². The molecule has 100 valence electrons. The molecule has 0 spiro atoms. The number of hydrogen-bond donors (Lipinski definition) is 1. The van der Waals surface area contributed by atoms with E-state index in [0.29, 0.717) is 6.42 Å². The van der Waals surface area contributed by atoms with Crippen molar-refractivity contribution in [2.45, 2.75) is 64.4 Å². The summed E-state index contributed by atoms with van der Waals surface area (Å²) in [6, 6.07) is 2.26. The van der Waals surface area contributed by atoms with Crippen molar-refractivity contribution in [3.8, 4) is 6.07 Å². The van der Waals surface area contributed by atoms with Crippen molar-refractivity contribution in [1.82, 2.24) is 0 Å². The molecule has 4 saturated carbocycles. The molecular formula is C16H25NO. The van der Waals surface area contributed by atoms with Crippen LogP contribution < -0.4 is 0 Å². The molecule has 2 nitrogen and oxygen atoms in total. The molecule has 4 bridgehead atoms. The van der Waals surface area contributed by atoms with Gasteiger partial charge in [-0.1, -0.05) is 13.8 Å². The van der Waals surface area contributed by atoms with E-state index < -0.39 is 5.60 Å². The van der Waals surface area contributed by atoms with Crippen LogP contribution in [0, 0.1) is 40.4 Å². The van der Waals surface area contributed by atoms with Crippen molar-refractivity contribution in [3.63, 3.8) is 0 Å². The first kappa shape index (κ1) is 12.5. The standard InChI is InChI=1S/C16H25NO/c1-11(2)16(18,3-4-17)15-8-12-5-13(9-15)7-14(6-12)10-15/h11-14,18H,3,5-10H2,1-2H3. The molecule has 4 fully saturated rings. The summed E-state index contributed by atoms with van der Waals surface area (Å²) < 4.78 is 0. The Morgan fingerprint density at radius 3 is 1.94 bits per heavy atom. The van der Waals surface area contributed by atoms with Gasteiger partial charge in [-0.25, -0.2) is 0 Å². The summed E-state index contributed by atoms with van der Waals surface area (Å²) in [6.07, 6.45) is 8.01. The summed E-state index contributed by atoms with van der Waals surface area (Å²) in [5.41, 5.74) is -0.691. The molecule has 4 rings (SSSR count). The third kappa shape index (κ3) is 1.56. The predicted octanol–water partition coefficient (Wildman–Crippen LogP) is 3.50. The molecule has 1 unspecified atom stereocenters. The monoisotopic (exact) mass is 247 g/mol. The lowest BCUT2D eigenvalue weighted by Gasteiger charge is -2.63. The van der Waals surface area contributed by atoms with Crippen molar-refractivity contribution >= 4 is 0 Å². The third-order valence-electron chi connectivity index (χ3n) is 6.26. The number of rotatable bonds is 3. The van der Waals surface area contributed by atoms with Crippen LogP contribution in [0.15, 0.2) is 0 Å². The molecule has 1 N–H and O–H groups in total. The largest absolute Gasteiger partial charge is 0.388 e.